The Morgan fingerprint density at radius 1 is 1.29 bits per heavy atom. The second-order valence-corrected chi connectivity index (χ2v) is 9.79. The van der Waals surface area contributed by atoms with Crippen LogP contribution in [0.2, 0.25) is 0 Å². The van der Waals surface area contributed by atoms with E-state index < -0.39 is 0 Å². The second-order valence-electron chi connectivity index (χ2n) is 9.79. The van der Waals surface area contributed by atoms with Gasteiger partial charge in [-0.25, -0.2) is 4.99 Å². The molecular formula is C24H33N5O2. The first-order chi connectivity index (χ1) is 14.7. The summed E-state index contributed by atoms with van der Waals surface area (Å²) in [5.41, 5.74) is 2.59. The maximum atomic E-state index is 12.3. The predicted octanol–water partition coefficient (Wildman–Crippen LogP) is 4.38. The van der Waals surface area contributed by atoms with Gasteiger partial charge in [0, 0.05) is 48.3 Å². The topological polar surface area (TPSA) is 72.1 Å². The van der Waals surface area contributed by atoms with E-state index in [1.165, 1.54) is 0 Å². The highest BCUT2D eigenvalue weighted by molar-refractivity contribution is 6.12. The summed E-state index contributed by atoms with van der Waals surface area (Å²) in [7, 11) is 0. The first-order valence-corrected chi connectivity index (χ1v) is 11.2. The highest BCUT2D eigenvalue weighted by Gasteiger charge is 2.37. The van der Waals surface area contributed by atoms with E-state index in [-0.39, 0.29) is 23.5 Å². The van der Waals surface area contributed by atoms with Gasteiger partial charge >= 0.3 is 0 Å². The summed E-state index contributed by atoms with van der Waals surface area (Å²) in [6, 6.07) is 0.545. The molecule has 31 heavy (non-hydrogen) atoms. The highest BCUT2D eigenvalue weighted by Crippen LogP contribution is 2.34. The minimum absolute atomic E-state index is 0.0934. The lowest BCUT2D eigenvalue weighted by Gasteiger charge is -2.32. The monoisotopic (exact) mass is 423 g/mol. The van der Waals surface area contributed by atoms with Gasteiger partial charge in [0.1, 0.15) is 17.7 Å². The molecule has 1 saturated carbocycles. The number of carbonyl (C=O) groups is 1. The van der Waals surface area contributed by atoms with E-state index in [4.69, 9.17) is 14.7 Å². The smallest absolute Gasteiger partial charge is 0.298 e. The maximum absolute atomic E-state index is 12.3. The molecule has 0 amide bonds. The number of hydrogen-bond donors (Lipinski definition) is 0. The van der Waals surface area contributed by atoms with E-state index in [1.54, 1.807) is 0 Å². The normalized spacial score (nSPS) is 24.8. The number of allylic oxidation sites excluding steroid dienone is 1. The molecule has 166 valence electrons. The average Bonchev–Trinajstić information content (AvgIpc) is 3.34. The zero-order chi connectivity index (χ0) is 22.3. The van der Waals surface area contributed by atoms with Gasteiger partial charge in [0.05, 0.1) is 17.4 Å². The van der Waals surface area contributed by atoms with Crippen molar-refractivity contribution in [2.75, 3.05) is 6.54 Å². The van der Waals surface area contributed by atoms with Crippen molar-refractivity contribution in [3.05, 3.63) is 35.8 Å². The van der Waals surface area contributed by atoms with Crippen molar-refractivity contribution in [1.29, 1.82) is 0 Å². The Labute approximate surface area is 184 Å². The molecule has 4 rings (SSSR count). The summed E-state index contributed by atoms with van der Waals surface area (Å²) < 4.78 is 8.33. The Balaban J connectivity index is 1.61. The molecule has 0 radical (unpaired) electrons. The highest BCUT2D eigenvalue weighted by atomic mass is 16.5. The largest absolute Gasteiger partial charge is 0.461 e. The molecule has 3 atom stereocenters. The molecule has 2 aliphatic heterocycles. The van der Waals surface area contributed by atoms with E-state index >= 15 is 0 Å². The van der Waals surface area contributed by atoms with Crippen molar-refractivity contribution in [3.8, 4) is 0 Å². The number of fused-ring (bicyclic) bond motifs is 1. The third-order valence-corrected chi connectivity index (χ3v) is 6.37. The number of nitrogens with zero attached hydrogens (tertiary/aromatic N) is 5. The molecule has 0 aromatic carbocycles. The van der Waals surface area contributed by atoms with Crippen molar-refractivity contribution < 1.29 is 9.53 Å². The van der Waals surface area contributed by atoms with Crippen molar-refractivity contribution in [3.63, 3.8) is 0 Å². The summed E-state index contributed by atoms with van der Waals surface area (Å²) in [4.78, 5) is 23.8. The van der Waals surface area contributed by atoms with E-state index in [2.05, 4.69) is 45.8 Å². The van der Waals surface area contributed by atoms with E-state index in [9.17, 15) is 4.79 Å². The van der Waals surface area contributed by atoms with Gasteiger partial charge in [-0.05, 0) is 53.5 Å². The van der Waals surface area contributed by atoms with Gasteiger partial charge in [-0.2, -0.15) is 10.1 Å². The Kier molecular flexibility index (Phi) is 5.62. The first kappa shape index (κ1) is 21.5. The van der Waals surface area contributed by atoms with Gasteiger partial charge in [0.15, 0.2) is 0 Å². The van der Waals surface area contributed by atoms with Crippen molar-refractivity contribution >= 4 is 23.3 Å². The predicted molar refractivity (Wildman–Crippen MR) is 123 cm³/mol. The van der Waals surface area contributed by atoms with Gasteiger partial charge in [0.25, 0.3) is 6.02 Å². The number of Topliss-reactive ketones (excluding diaryl/α,β-unsaturated/α-hetero) is 1. The van der Waals surface area contributed by atoms with Crippen molar-refractivity contribution in [1.82, 2.24) is 14.7 Å². The number of ketones is 1. The van der Waals surface area contributed by atoms with Crippen LogP contribution in [-0.4, -0.2) is 45.0 Å². The van der Waals surface area contributed by atoms with Crippen LogP contribution >= 0.6 is 0 Å². The molecule has 1 fully saturated rings. The van der Waals surface area contributed by atoms with E-state index in [1.807, 2.05) is 35.0 Å². The van der Waals surface area contributed by atoms with Crippen LogP contribution in [0.5, 0.6) is 0 Å². The van der Waals surface area contributed by atoms with E-state index in [0.29, 0.717) is 24.8 Å². The molecule has 1 aromatic rings. The Morgan fingerprint density at radius 3 is 2.71 bits per heavy atom. The van der Waals surface area contributed by atoms with Crippen molar-refractivity contribution in [2.24, 2.45) is 21.8 Å². The van der Waals surface area contributed by atoms with Crippen LogP contribution in [0.3, 0.4) is 0 Å². The lowest BCUT2D eigenvalue weighted by molar-refractivity contribution is -0.121. The average molecular weight is 424 g/mol. The van der Waals surface area contributed by atoms with Crippen molar-refractivity contribution in [2.45, 2.75) is 72.4 Å². The summed E-state index contributed by atoms with van der Waals surface area (Å²) in [6.45, 7) is 13.2. The summed E-state index contributed by atoms with van der Waals surface area (Å²) in [5, 5.41) is 4.52. The molecule has 7 nitrogen and oxygen atoms in total. The molecule has 1 aliphatic carbocycles. The Hall–Kier alpha value is -2.70. The molecule has 7 heteroatoms. The Bertz CT molecular complexity index is 992. The molecule has 3 unspecified atom stereocenters. The molecule has 3 aliphatic rings. The van der Waals surface area contributed by atoms with E-state index in [0.717, 1.165) is 35.6 Å². The summed E-state index contributed by atoms with van der Waals surface area (Å²) in [5.74, 6) is 1.58. The fourth-order valence-corrected chi connectivity index (χ4v) is 4.29. The third kappa shape index (κ3) is 4.36. The number of hydrogen-bond acceptors (Lipinski definition) is 6. The first-order valence-electron chi connectivity index (χ1n) is 11.2. The summed E-state index contributed by atoms with van der Waals surface area (Å²) in [6.07, 6.45) is 10.2. The molecule has 1 aromatic heterocycles. The molecular weight excluding hydrogens is 390 g/mol. The second kappa shape index (κ2) is 8.09. The molecule has 3 heterocycles. The lowest BCUT2D eigenvalue weighted by Crippen LogP contribution is -2.43. The number of carbonyl (C=O) groups excluding carboxylic acids is 1. The number of aliphatic imine (C=N–C) groups is 2. The van der Waals surface area contributed by atoms with Crippen LogP contribution in [0, 0.1) is 11.8 Å². The minimum atomic E-state index is -0.108. The molecule has 0 N–H and O–H groups in total. The fraction of sp³-hybridized carbons (Fsp3) is 0.583. The maximum Gasteiger partial charge on any atom is 0.298 e. The van der Waals surface area contributed by atoms with Crippen LogP contribution in [0.1, 0.15) is 66.4 Å². The van der Waals surface area contributed by atoms with Gasteiger partial charge in [0.2, 0.25) is 0 Å². The quantitative estimate of drug-likeness (QED) is 0.721. The number of amidine groups is 2. The SMILES string of the molecule is CCC1CC(C(C)OC2=NC(c3cnn(C(C)(C)C)c3)=CC3=NC(C)=CCN32)CC1=O. The van der Waals surface area contributed by atoms with Crippen LogP contribution in [-0.2, 0) is 15.1 Å². The molecule has 0 spiro atoms. The van der Waals surface area contributed by atoms with Gasteiger partial charge in [-0.3, -0.25) is 14.4 Å². The number of ether oxygens (including phenoxy) is 1. The molecule has 0 saturated heterocycles. The third-order valence-electron chi connectivity index (χ3n) is 6.37. The fourth-order valence-electron chi connectivity index (χ4n) is 4.29. The Morgan fingerprint density at radius 2 is 2.06 bits per heavy atom. The number of aromatic nitrogens is 2. The van der Waals surface area contributed by atoms with Gasteiger partial charge < -0.3 is 4.74 Å². The summed E-state index contributed by atoms with van der Waals surface area (Å²) >= 11 is 0. The lowest BCUT2D eigenvalue weighted by atomic mass is 9.99. The van der Waals surface area contributed by atoms with Gasteiger partial charge in [-0.15, -0.1) is 0 Å². The molecule has 0 bridgehead atoms. The van der Waals surface area contributed by atoms with Crippen LogP contribution in [0.4, 0.5) is 0 Å². The standard InChI is InChI=1S/C24H33N5O2/c1-7-17-10-18(11-21(17)30)16(3)31-23-27-20(12-22-26-15(2)8-9-28(22)23)19-13-25-29(14-19)24(4,5)6/h8,12-14,16-18H,7,9-11H2,1-6H3. The number of rotatable bonds is 4. The minimum Gasteiger partial charge on any atom is -0.461 e. The van der Waals surface area contributed by atoms with Gasteiger partial charge in [-0.1, -0.05) is 6.92 Å². The zero-order valence-electron chi connectivity index (χ0n) is 19.4. The van der Waals surface area contributed by atoms with Crippen LogP contribution < -0.4 is 0 Å². The van der Waals surface area contributed by atoms with Crippen LogP contribution in [0.15, 0.2) is 40.2 Å². The zero-order valence-corrected chi connectivity index (χ0v) is 19.4. The van der Waals surface area contributed by atoms with Crippen LogP contribution in [0.25, 0.3) is 5.70 Å².